The first-order valence-corrected chi connectivity index (χ1v) is 6.10. The summed E-state index contributed by atoms with van der Waals surface area (Å²) in [4.78, 5) is 0. The molecule has 60 valence electrons. The van der Waals surface area contributed by atoms with Gasteiger partial charge in [-0.2, -0.15) is 0 Å². The van der Waals surface area contributed by atoms with Gasteiger partial charge in [0, 0.05) is 0 Å². The third-order valence-electron chi connectivity index (χ3n) is 1.24. The standard InChI is InChI=1S/C5H5.C3H5.2ClH.Zr/c1-2-4-5-3-1;1-3-2;;;/h1-3H,4H2;3H,1-2H2;2*1H;/q;;;;+2/p-2. The topological polar surface area (TPSA) is 0 Å². The third kappa shape index (κ3) is 5.90. The third-order valence-corrected chi connectivity index (χ3v) is 4.48. The van der Waals surface area contributed by atoms with Crippen molar-refractivity contribution in [3.05, 3.63) is 34.2 Å². The minimum Gasteiger partial charge on any atom is -1.00 e. The van der Waals surface area contributed by atoms with Gasteiger partial charge in [-0.05, 0) is 0 Å². The molecule has 0 fully saturated rings. The Kier molecular flexibility index (Phi) is 11.3. The molecule has 0 saturated heterocycles. The van der Waals surface area contributed by atoms with Crippen molar-refractivity contribution >= 4 is 0 Å². The van der Waals surface area contributed by atoms with Gasteiger partial charge in [-0.3, -0.25) is 0 Å². The van der Waals surface area contributed by atoms with Crippen molar-refractivity contribution in [3.8, 4) is 0 Å². The van der Waals surface area contributed by atoms with Gasteiger partial charge in [-0.1, -0.05) is 0 Å². The van der Waals surface area contributed by atoms with E-state index in [9.17, 15) is 0 Å². The molecule has 0 amide bonds. The Bertz CT molecular complexity index is 161. The van der Waals surface area contributed by atoms with E-state index < -0.39 is 0 Å². The second-order valence-electron chi connectivity index (χ2n) is 1.99. The van der Waals surface area contributed by atoms with Crippen LogP contribution in [0.2, 0.25) is 4.13 Å². The van der Waals surface area contributed by atoms with Crippen LogP contribution in [0.5, 0.6) is 0 Å². The molecule has 0 aliphatic heterocycles. The van der Waals surface area contributed by atoms with Crippen LogP contribution in [-0.2, 0) is 23.2 Å². The van der Waals surface area contributed by atoms with Crippen LogP contribution < -0.4 is 24.8 Å². The van der Waals surface area contributed by atoms with Gasteiger partial charge in [-0.15, -0.1) is 0 Å². The van der Waals surface area contributed by atoms with Gasteiger partial charge in [0.05, 0.1) is 0 Å². The van der Waals surface area contributed by atoms with Gasteiger partial charge >= 0.3 is 67.9 Å². The van der Waals surface area contributed by atoms with Crippen LogP contribution in [0, 0.1) is 0 Å². The monoisotopic (exact) mass is 266 g/mol. The Balaban J connectivity index is 0. The summed E-state index contributed by atoms with van der Waals surface area (Å²) < 4.78 is 3.00. The quantitative estimate of drug-likeness (QED) is 0.467. The van der Waals surface area contributed by atoms with Crippen molar-refractivity contribution in [1.82, 2.24) is 0 Å². The maximum absolute atomic E-state index is 3.72. The summed E-state index contributed by atoms with van der Waals surface area (Å²) >= 11 is -0.183. The Hall–Kier alpha value is 0.683. The van der Waals surface area contributed by atoms with E-state index >= 15 is 0 Å². The molecule has 0 unspecified atom stereocenters. The molecule has 0 aromatic rings. The molecule has 0 radical (unpaired) electrons. The molecule has 0 N–H and O–H groups in total. The molecule has 11 heavy (non-hydrogen) atoms. The Morgan fingerprint density at radius 3 is 2.73 bits per heavy atom. The number of rotatable bonds is 3. The van der Waals surface area contributed by atoms with Crippen molar-refractivity contribution in [3.63, 3.8) is 0 Å². The van der Waals surface area contributed by atoms with Crippen LogP contribution in [0.15, 0.2) is 34.2 Å². The van der Waals surface area contributed by atoms with Crippen LogP contribution in [0.3, 0.4) is 0 Å². The fourth-order valence-electron chi connectivity index (χ4n) is 0.782. The maximum atomic E-state index is 3.72. The minimum absolute atomic E-state index is 0. The first-order chi connectivity index (χ1) is 4.43. The summed E-state index contributed by atoms with van der Waals surface area (Å²) in [6.07, 6.45) is 9.96. The second-order valence-corrected chi connectivity index (χ2v) is 5.44. The summed E-state index contributed by atoms with van der Waals surface area (Å²) in [5, 5.41) is 0. The molecule has 3 heteroatoms. The summed E-state index contributed by atoms with van der Waals surface area (Å²) in [6, 6.07) is 0. The molecular formula is C8H10Cl2Zr. The Labute approximate surface area is 92.2 Å². The molecule has 1 rings (SSSR count). The number of halogens is 2. The van der Waals surface area contributed by atoms with E-state index in [2.05, 4.69) is 24.8 Å². The van der Waals surface area contributed by atoms with Crippen molar-refractivity contribution in [2.75, 3.05) is 0 Å². The van der Waals surface area contributed by atoms with Gasteiger partial charge in [0.15, 0.2) is 0 Å². The molecule has 0 spiro atoms. The summed E-state index contributed by atoms with van der Waals surface area (Å²) in [7, 11) is 0. The Morgan fingerprint density at radius 1 is 1.55 bits per heavy atom. The van der Waals surface area contributed by atoms with Crippen molar-refractivity contribution in [2.24, 2.45) is 0 Å². The maximum Gasteiger partial charge on any atom is -1.00 e. The first-order valence-electron chi connectivity index (χ1n) is 3.14. The average molecular weight is 268 g/mol. The molecule has 0 atom stereocenters. The number of allylic oxidation sites excluding steroid dienone is 5. The fourth-order valence-corrected chi connectivity index (χ4v) is 2.95. The van der Waals surface area contributed by atoms with Crippen LogP contribution >= 0.6 is 0 Å². The largest absolute Gasteiger partial charge is 1.00 e. The SMILES string of the molecule is C=C[CH2][Zr+2][C]1=CC=CC1.[Cl-].[Cl-]. The van der Waals surface area contributed by atoms with Gasteiger partial charge in [0.25, 0.3) is 0 Å². The van der Waals surface area contributed by atoms with E-state index in [1.165, 1.54) is 10.5 Å². The van der Waals surface area contributed by atoms with E-state index in [0.29, 0.717) is 0 Å². The molecule has 0 aromatic carbocycles. The second kappa shape index (κ2) is 8.78. The molecular weight excluding hydrogens is 258 g/mol. The molecule has 0 aromatic heterocycles. The zero-order valence-electron chi connectivity index (χ0n) is 6.19. The number of hydrogen-bond acceptors (Lipinski definition) is 0. The fraction of sp³-hybridized carbons (Fsp3) is 0.250. The molecule has 0 nitrogen and oxygen atoms in total. The Morgan fingerprint density at radius 2 is 2.27 bits per heavy atom. The van der Waals surface area contributed by atoms with E-state index in [-0.39, 0.29) is 48.0 Å². The van der Waals surface area contributed by atoms with E-state index in [1.54, 1.807) is 3.28 Å². The zero-order valence-corrected chi connectivity index (χ0v) is 10.2. The predicted octanol–water partition coefficient (Wildman–Crippen LogP) is -3.47. The van der Waals surface area contributed by atoms with Crippen molar-refractivity contribution in [2.45, 2.75) is 10.5 Å². The minimum atomic E-state index is -0.183. The van der Waals surface area contributed by atoms with Gasteiger partial charge in [0.2, 0.25) is 0 Å². The van der Waals surface area contributed by atoms with E-state index in [4.69, 9.17) is 0 Å². The zero-order chi connectivity index (χ0) is 6.53. The van der Waals surface area contributed by atoms with Crippen molar-refractivity contribution in [1.29, 1.82) is 0 Å². The van der Waals surface area contributed by atoms with Crippen LogP contribution in [0.4, 0.5) is 0 Å². The molecule has 0 heterocycles. The van der Waals surface area contributed by atoms with Crippen LogP contribution in [-0.4, -0.2) is 0 Å². The van der Waals surface area contributed by atoms with Crippen molar-refractivity contribution < 1.29 is 48.0 Å². The smallest absolute Gasteiger partial charge is 1.00 e. The van der Waals surface area contributed by atoms with Gasteiger partial charge in [0.1, 0.15) is 0 Å². The molecule has 1 aliphatic rings. The molecule has 0 saturated carbocycles. The van der Waals surface area contributed by atoms with Crippen LogP contribution in [0.25, 0.3) is 0 Å². The van der Waals surface area contributed by atoms with Gasteiger partial charge < -0.3 is 24.8 Å². The van der Waals surface area contributed by atoms with Crippen LogP contribution in [0.1, 0.15) is 6.42 Å². The molecule has 0 bridgehead atoms. The summed E-state index contributed by atoms with van der Waals surface area (Å²) in [5.41, 5.74) is 0. The molecule has 1 aliphatic carbocycles. The van der Waals surface area contributed by atoms with Gasteiger partial charge in [-0.25, -0.2) is 0 Å². The first kappa shape index (κ1) is 14.2. The number of hydrogen-bond donors (Lipinski definition) is 0. The van der Waals surface area contributed by atoms with E-state index in [1.807, 2.05) is 6.08 Å². The normalized spacial score (nSPS) is 12.2. The predicted molar refractivity (Wildman–Crippen MR) is 36.8 cm³/mol. The van der Waals surface area contributed by atoms with E-state index in [0.717, 1.165) is 0 Å². The average Bonchev–Trinajstić information content (AvgIpc) is 2.34. The summed E-state index contributed by atoms with van der Waals surface area (Å²) in [6.45, 7) is 3.72. The summed E-state index contributed by atoms with van der Waals surface area (Å²) in [5.74, 6) is 0.